The van der Waals surface area contributed by atoms with Crippen LogP contribution in [-0.4, -0.2) is 44.3 Å². The minimum Gasteiger partial charge on any atom is -0.477 e. The molecule has 4 heterocycles. The van der Waals surface area contributed by atoms with Crippen LogP contribution in [0, 0.1) is 12.8 Å². The molecule has 1 amide bonds. The molecule has 2 fully saturated rings. The lowest BCUT2D eigenvalue weighted by atomic mass is 9.90. The summed E-state index contributed by atoms with van der Waals surface area (Å²) >= 11 is 0. The summed E-state index contributed by atoms with van der Waals surface area (Å²) < 4.78 is 7.71. The number of benzene rings is 1. The van der Waals surface area contributed by atoms with E-state index < -0.39 is 0 Å². The van der Waals surface area contributed by atoms with Crippen molar-refractivity contribution in [1.82, 2.24) is 19.7 Å². The van der Waals surface area contributed by atoms with E-state index in [0.29, 0.717) is 24.0 Å². The van der Waals surface area contributed by atoms with E-state index in [4.69, 9.17) is 4.74 Å². The molecule has 2 aromatic heterocycles. The Labute approximate surface area is 170 Å². The Morgan fingerprint density at radius 3 is 2.86 bits per heavy atom. The van der Waals surface area contributed by atoms with Gasteiger partial charge in [0.15, 0.2) is 0 Å². The molecule has 1 aromatic carbocycles. The number of fused-ring (bicyclic) bond motifs is 2. The van der Waals surface area contributed by atoms with Gasteiger partial charge in [0.2, 0.25) is 5.88 Å². The summed E-state index contributed by atoms with van der Waals surface area (Å²) in [6, 6.07) is 14.0. The van der Waals surface area contributed by atoms with Crippen LogP contribution < -0.4 is 4.74 Å². The summed E-state index contributed by atoms with van der Waals surface area (Å²) in [7, 11) is 0. The summed E-state index contributed by atoms with van der Waals surface area (Å²) in [4.78, 5) is 19.9. The average molecular weight is 388 g/mol. The van der Waals surface area contributed by atoms with Crippen LogP contribution in [-0.2, 0) is 0 Å². The van der Waals surface area contributed by atoms with Gasteiger partial charge in [-0.25, -0.2) is 9.67 Å². The van der Waals surface area contributed by atoms with E-state index in [2.05, 4.69) is 15.0 Å². The van der Waals surface area contributed by atoms with Crippen molar-refractivity contribution >= 4 is 5.91 Å². The molecule has 6 nitrogen and oxygen atoms in total. The minimum atomic E-state index is 0.0968. The molecule has 2 saturated heterocycles. The summed E-state index contributed by atoms with van der Waals surface area (Å²) in [5, 5.41) is 4.31. The zero-order valence-electron chi connectivity index (χ0n) is 16.4. The third-order valence-corrected chi connectivity index (χ3v) is 6.12. The van der Waals surface area contributed by atoms with E-state index in [0.717, 1.165) is 30.5 Å². The molecule has 5 rings (SSSR count). The first-order valence-corrected chi connectivity index (χ1v) is 10.2. The summed E-state index contributed by atoms with van der Waals surface area (Å²) in [6.45, 7) is 2.61. The van der Waals surface area contributed by atoms with Crippen LogP contribution in [0.15, 0.2) is 61.1 Å². The van der Waals surface area contributed by atoms with Crippen molar-refractivity contribution in [2.75, 3.05) is 6.61 Å². The van der Waals surface area contributed by atoms with Gasteiger partial charge in [0.1, 0.15) is 0 Å². The van der Waals surface area contributed by atoms with Crippen LogP contribution >= 0.6 is 0 Å². The summed E-state index contributed by atoms with van der Waals surface area (Å²) in [6.07, 6.45) is 8.52. The number of aromatic nitrogens is 3. The Bertz CT molecular complexity index is 1000. The largest absolute Gasteiger partial charge is 0.477 e. The molecule has 0 spiro atoms. The Morgan fingerprint density at radius 2 is 2.07 bits per heavy atom. The van der Waals surface area contributed by atoms with Crippen molar-refractivity contribution < 1.29 is 9.53 Å². The lowest BCUT2D eigenvalue weighted by molar-refractivity contribution is 0.0709. The molecule has 0 aliphatic carbocycles. The number of nitrogens with zero attached hydrogens (tertiary/aromatic N) is 4. The Balaban J connectivity index is 1.34. The molecule has 6 heteroatoms. The molecule has 2 bridgehead atoms. The first-order valence-electron chi connectivity index (χ1n) is 10.2. The predicted molar refractivity (Wildman–Crippen MR) is 109 cm³/mol. The highest BCUT2D eigenvalue weighted by atomic mass is 16.5. The minimum absolute atomic E-state index is 0.0968. The van der Waals surface area contributed by atoms with E-state index in [1.165, 1.54) is 0 Å². The molecule has 29 heavy (non-hydrogen) atoms. The van der Waals surface area contributed by atoms with Gasteiger partial charge in [0.05, 0.1) is 17.9 Å². The van der Waals surface area contributed by atoms with Gasteiger partial charge in [-0.3, -0.25) is 4.79 Å². The number of ether oxygens (including phenoxy) is 1. The Hall–Kier alpha value is -3.15. The van der Waals surface area contributed by atoms with Crippen molar-refractivity contribution in [2.45, 2.75) is 38.3 Å². The fourth-order valence-corrected chi connectivity index (χ4v) is 4.75. The molecular formula is C23H24N4O2. The van der Waals surface area contributed by atoms with Gasteiger partial charge >= 0.3 is 0 Å². The quantitative estimate of drug-likeness (QED) is 0.669. The van der Waals surface area contributed by atoms with Gasteiger partial charge in [-0.2, -0.15) is 5.10 Å². The summed E-state index contributed by atoms with van der Waals surface area (Å²) in [5.74, 6) is 1.09. The molecule has 148 valence electrons. The van der Waals surface area contributed by atoms with Crippen LogP contribution in [0.4, 0.5) is 0 Å². The number of carbonyl (C=O) groups is 1. The monoisotopic (exact) mass is 388 g/mol. The normalized spacial score (nSPS) is 22.8. The molecule has 3 aromatic rings. The van der Waals surface area contributed by atoms with Crippen LogP contribution in [0.2, 0.25) is 0 Å². The van der Waals surface area contributed by atoms with Gasteiger partial charge in [-0.15, -0.1) is 0 Å². The van der Waals surface area contributed by atoms with Crippen molar-refractivity contribution in [1.29, 1.82) is 0 Å². The van der Waals surface area contributed by atoms with Crippen molar-refractivity contribution in [3.63, 3.8) is 0 Å². The highest BCUT2D eigenvalue weighted by Crippen LogP contribution is 2.43. The van der Waals surface area contributed by atoms with Crippen LogP contribution in [0.1, 0.15) is 35.2 Å². The number of para-hydroxylation sites is 1. The lowest BCUT2D eigenvalue weighted by Gasteiger charge is -2.25. The zero-order valence-corrected chi connectivity index (χ0v) is 16.4. The van der Waals surface area contributed by atoms with E-state index in [1.54, 1.807) is 10.9 Å². The molecular weight excluding hydrogens is 364 g/mol. The van der Waals surface area contributed by atoms with E-state index in [1.807, 2.05) is 61.8 Å². The van der Waals surface area contributed by atoms with Crippen LogP contribution in [0.5, 0.6) is 5.88 Å². The van der Waals surface area contributed by atoms with Crippen LogP contribution in [0.3, 0.4) is 0 Å². The smallest absolute Gasteiger partial charge is 0.256 e. The second-order valence-electron chi connectivity index (χ2n) is 7.96. The molecule has 0 radical (unpaired) electrons. The van der Waals surface area contributed by atoms with Crippen molar-refractivity contribution in [3.05, 3.63) is 72.2 Å². The van der Waals surface area contributed by atoms with E-state index in [9.17, 15) is 4.79 Å². The topological polar surface area (TPSA) is 60.2 Å². The maximum atomic E-state index is 13.5. The SMILES string of the molecule is Cc1ccc(OCC2CC3CCC2N3C(=O)c2ccccc2-n2cccn2)nc1. The van der Waals surface area contributed by atoms with Gasteiger partial charge in [-0.1, -0.05) is 18.2 Å². The molecule has 2 aliphatic rings. The zero-order chi connectivity index (χ0) is 19.8. The molecule has 3 atom stereocenters. The maximum absolute atomic E-state index is 13.5. The maximum Gasteiger partial charge on any atom is 0.256 e. The molecule has 0 N–H and O–H groups in total. The van der Waals surface area contributed by atoms with Gasteiger partial charge in [0.25, 0.3) is 5.91 Å². The molecule has 3 unspecified atom stereocenters. The number of pyridine rings is 1. The second-order valence-corrected chi connectivity index (χ2v) is 7.96. The van der Waals surface area contributed by atoms with E-state index in [-0.39, 0.29) is 18.0 Å². The number of amides is 1. The highest BCUT2D eigenvalue weighted by molar-refractivity contribution is 5.98. The number of hydrogen-bond acceptors (Lipinski definition) is 4. The highest BCUT2D eigenvalue weighted by Gasteiger charge is 2.49. The molecule has 0 saturated carbocycles. The van der Waals surface area contributed by atoms with Crippen molar-refractivity contribution in [2.24, 2.45) is 5.92 Å². The predicted octanol–water partition coefficient (Wildman–Crippen LogP) is 3.65. The number of rotatable bonds is 5. The van der Waals surface area contributed by atoms with Gasteiger partial charge in [-0.05, 0) is 49.9 Å². The number of aryl methyl sites for hydroxylation is 1. The first-order chi connectivity index (χ1) is 14.2. The second kappa shape index (κ2) is 7.35. The first kappa shape index (κ1) is 17.9. The third-order valence-electron chi connectivity index (χ3n) is 6.12. The van der Waals surface area contributed by atoms with Crippen molar-refractivity contribution in [3.8, 4) is 11.6 Å². The number of hydrogen-bond donors (Lipinski definition) is 0. The average Bonchev–Trinajstić information content (AvgIpc) is 3.49. The lowest BCUT2D eigenvalue weighted by Crippen LogP contribution is -2.38. The van der Waals surface area contributed by atoms with E-state index >= 15 is 0 Å². The third kappa shape index (κ3) is 3.28. The fraction of sp³-hybridized carbons (Fsp3) is 0.348. The Kier molecular flexibility index (Phi) is 4.54. The fourth-order valence-electron chi connectivity index (χ4n) is 4.75. The summed E-state index contributed by atoms with van der Waals surface area (Å²) in [5.41, 5.74) is 2.64. The molecule has 2 aliphatic heterocycles. The Morgan fingerprint density at radius 1 is 1.17 bits per heavy atom. The van der Waals surface area contributed by atoms with Gasteiger partial charge < -0.3 is 9.64 Å². The van der Waals surface area contributed by atoms with Crippen LogP contribution in [0.25, 0.3) is 5.69 Å². The van der Waals surface area contributed by atoms with Gasteiger partial charge in [0, 0.05) is 42.7 Å². The standard InChI is InChI=1S/C23H24N4O2/c1-16-7-10-22(24-14-16)29-15-17-13-18-8-9-20(17)27(18)23(28)19-5-2-3-6-21(19)26-12-4-11-25-26/h2-7,10-12,14,17-18,20H,8-9,13,15H2,1H3. The number of carbonyl (C=O) groups excluding carboxylic acids is 1.